The highest BCUT2D eigenvalue weighted by Gasteiger charge is 2.27. The highest BCUT2D eigenvalue weighted by atomic mass is 32.1. The van der Waals surface area contributed by atoms with Crippen molar-refractivity contribution >= 4 is 23.2 Å². The summed E-state index contributed by atoms with van der Waals surface area (Å²) in [4.78, 5) is 14.9. The average Bonchev–Trinajstić information content (AvgIpc) is 2.78. The van der Waals surface area contributed by atoms with Crippen LogP contribution in [0.1, 0.15) is 36.5 Å². The largest absolute Gasteiger partial charge is 0.493 e. The van der Waals surface area contributed by atoms with Crippen molar-refractivity contribution in [3.05, 3.63) is 59.2 Å². The van der Waals surface area contributed by atoms with Gasteiger partial charge in [-0.3, -0.25) is 4.79 Å². The van der Waals surface area contributed by atoms with E-state index in [2.05, 4.69) is 36.1 Å². The van der Waals surface area contributed by atoms with E-state index in [0.717, 1.165) is 42.0 Å². The molecular formula is C24H29NO4S. The third kappa shape index (κ3) is 5.51. The van der Waals surface area contributed by atoms with Gasteiger partial charge in [-0.15, -0.1) is 0 Å². The zero-order chi connectivity index (χ0) is 21.5. The van der Waals surface area contributed by atoms with Gasteiger partial charge < -0.3 is 19.1 Å². The van der Waals surface area contributed by atoms with Crippen LogP contribution in [0, 0.1) is 12.8 Å². The van der Waals surface area contributed by atoms with E-state index < -0.39 is 0 Å². The number of nitrogens with zero attached hydrogens (tertiary/aromatic N) is 1. The Bertz CT molecular complexity index is 873. The quantitative estimate of drug-likeness (QED) is 0.478. The van der Waals surface area contributed by atoms with Crippen molar-refractivity contribution in [2.75, 3.05) is 26.8 Å². The summed E-state index contributed by atoms with van der Waals surface area (Å²) in [5.74, 6) is 1.21. The van der Waals surface area contributed by atoms with E-state index in [0.29, 0.717) is 24.7 Å². The maximum atomic E-state index is 11.9. The summed E-state index contributed by atoms with van der Waals surface area (Å²) in [7, 11) is 1.63. The van der Waals surface area contributed by atoms with Crippen molar-refractivity contribution in [2.24, 2.45) is 5.92 Å². The second kappa shape index (κ2) is 10.4. The molecule has 1 fully saturated rings. The molecule has 1 aliphatic rings. The SMILES string of the molecule is CCOC(=O)C1CCN(C(=S)c2ccc(OCc3ccc(C)cc3)c(OC)c2)CC1. The average molecular weight is 428 g/mol. The maximum Gasteiger partial charge on any atom is 0.309 e. The third-order valence-electron chi connectivity index (χ3n) is 5.33. The first kappa shape index (κ1) is 22.1. The molecule has 3 rings (SSSR count). The molecule has 2 aromatic carbocycles. The number of thiocarbonyl (C=S) groups is 1. The fourth-order valence-electron chi connectivity index (χ4n) is 3.53. The summed E-state index contributed by atoms with van der Waals surface area (Å²) >= 11 is 5.71. The lowest BCUT2D eigenvalue weighted by molar-refractivity contribution is -0.149. The van der Waals surface area contributed by atoms with Gasteiger partial charge in [-0.2, -0.15) is 0 Å². The molecular weight excluding hydrogens is 398 g/mol. The number of likely N-dealkylation sites (tertiary alicyclic amines) is 1. The number of carbonyl (C=O) groups is 1. The first-order chi connectivity index (χ1) is 14.5. The Hall–Kier alpha value is -2.60. The molecule has 0 aromatic heterocycles. The molecule has 6 heteroatoms. The number of ether oxygens (including phenoxy) is 3. The second-order valence-corrected chi connectivity index (χ2v) is 7.85. The summed E-state index contributed by atoms with van der Waals surface area (Å²) in [6.45, 7) is 6.29. The van der Waals surface area contributed by atoms with Crippen LogP contribution < -0.4 is 9.47 Å². The first-order valence-electron chi connectivity index (χ1n) is 10.3. The van der Waals surface area contributed by atoms with Gasteiger partial charge in [-0.1, -0.05) is 42.0 Å². The van der Waals surface area contributed by atoms with Crippen LogP contribution in [-0.2, 0) is 16.1 Å². The van der Waals surface area contributed by atoms with Crippen LogP contribution in [0.25, 0.3) is 0 Å². The van der Waals surface area contributed by atoms with Gasteiger partial charge in [0.25, 0.3) is 0 Å². The monoisotopic (exact) mass is 427 g/mol. The third-order valence-corrected chi connectivity index (χ3v) is 5.82. The number of carbonyl (C=O) groups excluding carboxylic acids is 1. The van der Waals surface area contributed by atoms with Crippen LogP contribution in [0.15, 0.2) is 42.5 Å². The van der Waals surface area contributed by atoms with Crippen LogP contribution in [0.2, 0.25) is 0 Å². The molecule has 0 radical (unpaired) electrons. The zero-order valence-electron chi connectivity index (χ0n) is 17.8. The molecule has 2 aromatic rings. The van der Waals surface area contributed by atoms with Gasteiger partial charge in [-0.25, -0.2) is 0 Å². The van der Waals surface area contributed by atoms with Gasteiger partial charge in [0.1, 0.15) is 11.6 Å². The van der Waals surface area contributed by atoms with Gasteiger partial charge in [-0.05, 0) is 50.5 Å². The molecule has 0 unspecified atom stereocenters. The minimum atomic E-state index is -0.0974. The molecule has 1 heterocycles. The number of piperidine rings is 1. The molecule has 0 atom stereocenters. The van der Waals surface area contributed by atoms with E-state index in [1.165, 1.54) is 5.56 Å². The molecule has 0 spiro atoms. The van der Waals surface area contributed by atoms with E-state index in [-0.39, 0.29) is 11.9 Å². The fraction of sp³-hybridized carbons (Fsp3) is 0.417. The topological polar surface area (TPSA) is 48.0 Å². The molecule has 0 bridgehead atoms. The van der Waals surface area contributed by atoms with Crippen LogP contribution in [-0.4, -0.2) is 42.7 Å². The Labute approximate surface area is 183 Å². The molecule has 1 aliphatic heterocycles. The Morgan fingerprint density at radius 1 is 1.10 bits per heavy atom. The van der Waals surface area contributed by atoms with Crippen molar-refractivity contribution in [3.63, 3.8) is 0 Å². The van der Waals surface area contributed by atoms with Crippen molar-refractivity contribution in [2.45, 2.75) is 33.3 Å². The van der Waals surface area contributed by atoms with E-state index in [1.807, 2.05) is 25.1 Å². The van der Waals surface area contributed by atoms with E-state index in [9.17, 15) is 4.79 Å². The van der Waals surface area contributed by atoms with Crippen LogP contribution in [0.3, 0.4) is 0 Å². The van der Waals surface area contributed by atoms with Crippen molar-refractivity contribution in [1.82, 2.24) is 4.90 Å². The minimum Gasteiger partial charge on any atom is -0.493 e. The Morgan fingerprint density at radius 2 is 1.80 bits per heavy atom. The van der Waals surface area contributed by atoms with Crippen molar-refractivity contribution < 1.29 is 19.0 Å². The summed E-state index contributed by atoms with van der Waals surface area (Å²) in [6, 6.07) is 14.1. The molecule has 0 N–H and O–H groups in total. The number of benzene rings is 2. The number of rotatable bonds is 7. The van der Waals surface area contributed by atoms with Gasteiger partial charge in [0, 0.05) is 18.7 Å². The summed E-state index contributed by atoms with van der Waals surface area (Å²) in [5, 5.41) is 0. The van der Waals surface area contributed by atoms with Crippen molar-refractivity contribution in [3.8, 4) is 11.5 Å². The standard InChI is InChI=1S/C24H29NO4S/c1-4-28-24(26)19-11-13-25(14-12-19)23(30)20-9-10-21(22(15-20)27-3)29-16-18-7-5-17(2)6-8-18/h5-10,15,19H,4,11-14,16H2,1-3H3. The Kier molecular flexibility index (Phi) is 7.69. The first-order valence-corrected chi connectivity index (χ1v) is 10.7. The molecule has 0 aliphatic carbocycles. The van der Waals surface area contributed by atoms with E-state index in [4.69, 9.17) is 26.4 Å². The maximum absolute atomic E-state index is 11.9. The Balaban J connectivity index is 1.62. The highest BCUT2D eigenvalue weighted by Crippen LogP contribution is 2.30. The predicted octanol–water partition coefficient (Wildman–Crippen LogP) is 4.53. The molecule has 0 amide bonds. The molecule has 160 valence electrons. The van der Waals surface area contributed by atoms with Gasteiger partial charge in [0.05, 0.1) is 19.6 Å². The number of methoxy groups -OCH3 is 1. The summed E-state index contributed by atoms with van der Waals surface area (Å²) < 4.78 is 16.7. The molecule has 30 heavy (non-hydrogen) atoms. The lowest BCUT2D eigenvalue weighted by atomic mass is 9.96. The minimum absolute atomic E-state index is 0.0314. The lowest BCUT2D eigenvalue weighted by Crippen LogP contribution is -2.40. The number of esters is 1. The fourth-order valence-corrected chi connectivity index (χ4v) is 3.84. The van der Waals surface area contributed by atoms with E-state index >= 15 is 0 Å². The Morgan fingerprint density at radius 3 is 2.43 bits per heavy atom. The summed E-state index contributed by atoms with van der Waals surface area (Å²) in [6.07, 6.45) is 1.52. The van der Waals surface area contributed by atoms with Crippen LogP contribution >= 0.6 is 12.2 Å². The molecule has 5 nitrogen and oxygen atoms in total. The molecule has 1 saturated heterocycles. The summed E-state index contributed by atoms with van der Waals surface area (Å²) in [5.41, 5.74) is 3.24. The number of hydrogen-bond donors (Lipinski definition) is 0. The zero-order valence-corrected chi connectivity index (χ0v) is 18.7. The van der Waals surface area contributed by atoms with Crippen LogP contribution in [0.4, 0.5) is 0 Å². The van der Waals surface area contributed by atoms with Gasteiger partial charge in [0.15, 0.2) is 11.5 Å². The normalized spacial score (nSPS) is 14.3. The number of aryl methyl sites for hydroxylation is 1. The van der Waals surface area contributed by atoms with E-state index in [1.54, 1.807) is 7.11 Å². The van der Waals surface area contributed by atoms with Gasteiger partial charge in [0.2, 0.25) is 0 Å². The smallest absolute Gasteiger partial charge is 0.309 e. The highest BCUT2D eigenvalue weighted by molar-refractivity contribution is 7.80. The predicted molar refractivity (Wildman–Crippen MR) is 121 cm³/mol. The lowest BCUT2D eigenvalue weighted by Gasteiger charge is -2.33. The van der Waals surface area contributed by atoms with Gasteiger partial charge >= 0.3 is 5.97 Å². The van der Waals surface area contributed by atoms with Crippen LogP contribution in [0.5, 0.6) is 11.5 Å². The van der Waals surface area contributed by atoms with Crippen molar-refractivity contribution in [1.29, 1.82) is 0 Å². The molecule has 0 saturated carbocycles. The number of hydrogen-bond acceptors (Lipinski definition) is 5. The second-order valence-electron chi connectivity index (χ2n) is 7.46.